The molecule has 0 spiro atoms. The number of halogens is 1. The molecular weight excluding hydrogens is 498 g/mol. The van der Waals surface area contributed by atoms with Gasteiger partial charge in [-0.2, -0.15) is 0 Å². The van der Waals surface area contributed by atoms with E-state index in [2.05, 4.69) is 64.6 Å². The molecule has 0 aliphatic carbocycles. The molecule has 0 aliphatic heterocycles. The number of nitrogens with one attached hydrogen (secondary N) is 2. The van der Waals surface area contributed by atoms with Gasteiger partial charge in [0.25, 0.3) is 5.91 Å². The van der Waals surface area contributed by atoms with Gasteiger partial charge in [-0.15, -0.1) is 11.3 Å². The largest absolute Gasteiger partial charge is 0.504 e. The van der Waals surface area contributed by atoms with Crippen molar-refractivity contribution in [2.45, 2.75) is 33.7 Å². The van der Waals surface area contributed by atoms with Crippen molar-refractivity contribution in [1.82, 2.24) is 10.1 Å². The molecule has 3 rings (SSSR count). The topological polar surface area (TPSA) is 115 Å². The number of aromatic hydroxyl groups is 1. The average Bonchev–Trinajstić information content (AvgIpc) is 3.26. The number of carbonyl (C=O) groups excluding carboxylic acids is 1. The van der Waals surface area contributed by atoms with Gasteiger partial charge in [0, 0.05) is 28.3 Å². The van der Waals surface area contributed by atoms with E-state index in [1.165, 1.54) is 9.78 Å². The Balaban J connectivity index is 1.98. The second-order valence-electron chi connectivity index (χ2n) is 8.68. The Labute approximate surface area is 198 Å². The van der Waals surface area contributed by atoms with Gasteiger partial charge in [0.05, 0.1) is 11.6 Å². The first-order chi connectivity index (χ1) is 14.9. The number of rotatable bonds is 6. The van der Waals surface area contributed by atoms with Gasteiger partial charge >= 0.3 is 11.6 Å². The number of nitrogens with zero attached hydrogens (tertiary/aromatic N) is 3. The van der Waals surface area contributed by atoms with Crippen LogP contribution in [-0.4, -0.2) is 40.4 Å². The van der Waals surface area contributed by atoms with E-state index in [4.69, 9.17) is 4.63 Å². The summed E-state index contributed by atoms with van der Waals surface area (Å²) in [6.07, 6.45) is 0. The Hall–Kier alpha value is -2.79. The van der Waals surface area contributed by atoms with Crippen molar-refractivity contribution in [2.75, 3.05) is 24.7 Å². The third kappa shape index (κ3) is 4.83. The lowest BCUT2D eigenvalue weighted by Gasteiger charge is -2.29. The van der Waals surface area contributed by atoms with E-state index in [9.17, 15) is 15.1 Å². The van der Waals surface area contributed by atoms with Crippen LogP contribution in [0.4, 0.5) is 17.3 Å². The van der Waals surface area contributed by atoms with E-state index in [-0.39, 0.29) is 46.0 Å². The van der Waals surface area contributed by atoms with Crippen LogP contribution in [0.25, 0.3) is 0 Å². The van der Waals surface area contributed by atoms with E-state index in [0.717, 1.165) is 4.88 Å². The maximum Gasteiger partial charge on any atom is 0.370 e. The summed E-state index contributed by atoms with van der Waals surface area (Å²) < 4.78 is 5.38. The highest BCUT2D eigenvalue weighted by molar-refractivity contribution is 9.10. The molecule has 1 aromatic carbocycles. The molecule has 9 nitrogen and oxygen atoms in total. The van der Waals surface area contributed by atoms with Gasteiger partial charge in [-0.05, 0) is 52.5 Å². The number of amides is 1. The smallest absolute Gasteiger partial charge is 0.370 e. The van der Waals surface area contributed by atoms with E-state index >= 15 is 0 Å². The molecule has 11 heteroatoms. The van der Waals surface area contributed by atoms with Crippen molar-refractivity contribution in [3.05, 3.63) is 44.1 Å². The highest BCUT2D eigenvalue weighted by Crippen LogP contribution is 2.41. The summed E-state index contributed by atoms with van der Waals surface area (Å²) in [5, 5.41) is 31.2. The summed E-state index contributed by atoms with van der Waals surface area (Å²) in [6.45, 7) is 8.33. The lowest BCUT2D eigenvalue weighted by molar-refractivity contribution is -1.03. The van der Waals surface area contributed by atoms with Crippen molar-refractivity contribution in [1.29, 1.82) is 0 Å². The Morgan fingerprint density at radius 2 is 1.97 bits per heavy atom. The Morgan fingerprint density at radius 3 is 2.53 bits per heavy atom. The molecule has 1 atom stereocenters. The number of phenolic OH excluding ortho intramolecular Hbond substituents is 1. The summed E-state index contributed by atoms with van der Waals surface area (Å²) in [5.74, 6) is -0.319. The van der Waals surface area contributed by atoms with E-state index in [1.807, 2.05) is 6.92 Å². The van der Waals surface area contributed by atoms with Crippen LogP contribution in [0.15, 0.2) is 33.4 Å². The molecule has 0 fully saturated rings. The van der Waals surface area contributed by atoms with Crippen LogP contribution >= 0.6 is 27.3 Å². The van der Waals surface area contributed by atoms with Gasteiger partial charge in [-0.3, -0.25) is 10.1 Å². The summed E-state index contributed by atoms with van der Waals surface area (Å²) in [7, 11) is 3.19. The fourth-order valence-corrected chi connectivity index (χ4v) is 4.80. The standard InChI is InChI=1S/C21H26BrN5O4S/c1-11-7-10-14(32-11)17(21(2,3)4)24-18-19(27(30)31-25-18)23-13-9-8-12(22)15(16(13)28)20(29)26(5)6/h7-10,17,30H,1-6H3,(H2,24,25,28,29)/p+1/t17-/m0/s1. The zero-order valence-electron chi connectivity index (χ0n) is 18.7. The molecular formula is C21H27BrN5O4S+. The van der Waals surface area contributed by atoms with E-state index < -0.39 is 0 Å². The number of anilines is 3. The fraction of sp³-hybridized carbons (Fsp3) is 0.381. The van der Waals surface area contributed by atoms with Crippen LogP contribution < -0.4 is 15.5 Å². The average molecular weight is 525 g/mol. The quantitative estimate of drug-likeness (QED) is 0.273. The minimum atomic E-state index is -0.376. The van der Waals surface area contributed by atoms with Crippen LogP contribution in [0.5, 0.6) is 5.75 Å². The lowest BCUT2D eigenvalue weighted by Crippen LogP contribution is -2.31. The molecule has 2 aromatic heterocycles. The minimum Gasteiger partial charge on any atom is -0.504 e. The van der Waals surface area contributed by atoms with Crippen LogP contribution in [0, 0.1) is 12.3 Å². The van der Waals surface area contributed by atoms with E-state index in [0.29, 0.717) is 9.38 Å². The number of aromatic nitrogens is 2. The van der Waals surface area contributed by atoms with Gasteiger partial charge in [0.2, 0.25) is 0 Å². The molecule has 0 bridgehead atoms. The van der Waals surface area contributed by atoms with Crippen LogP contribution in [-0.2, 0) is 0 Å². The van der Waals surface area contributed by atoms with Gasteiger partial charge in [0.1, 0.15) is 15.7 Å². The predicted molar refractivity (Wildman–Crippen MR) is 126 cm³/mol. The molecule has 172 valence electrons. The number of phenols is 1. The van der Waals surface area contributed by atoms with Crippen molar-refractivity contribution < 1.29 is 24.6 Å². The monoisotopic (exact) mass is 524 g/mol. The highest BCUT2D eigenvalue weighted by Gasteiger charge is 2.34. The molecule has 4 N–H and O–H groups in total. The first kappa shape index (κ1) is 23.9. The van der Waals surface area contributed by atoms with E-state index in [1.54, 1.807) is 37.6 Å². The Bertz CT molecular complexity index is 1140. The normalized spacial score (nSPS) is 12.5. The maximum atomic E-state index is 12.5. The first-order valence-corrected chi connectivity index (χ1v) is 11.5. The van der Waals surface area contributed by atoms with Crippen molar-refractivity contribution in [3.63, 3.8) is 0 Å². The van der Waals surface area contributed by atoms with Gasteiger partial charge in [-0.1, -0.05) is 25.4 Å². The molecule has 3 aromatic rings. The third-order valence-electron chi connectivity index (χ3n) is 4.82. The van der Waals surface area contributed by atoms with Crippen LogP contribution in [0.2, 0.25) is 0 Å². The summed E-state index contributed by atoms with van der Waals surface area (Å²) >= 11 is 4.98. The number of hydrogen-bond acceptors (Lipinski definition) is 8. The first-order valence-electron chi connectivity index (χ1n) is 9.84. The molecule has 0 saturated carbocycles. The summed E-state index contributed by atoms with van der Waals surface area (Å²) in [6, 6.07) is 7.19. The fourth-order valence-electron chi connectivity index (χ4n) is 3.14. The third-order valence-corrected chi connectivity index (χ3v) is 6.54. The van der Waals surface area contributed by atoms with Crippen LogP contribution in [0.1, 0.15) is 46.9 Å². The second kappa shape index (κ2) is 8.99. The Kier molecular flexibility index (Phi) is 6.70. The molecule has 0 unspecified atom stereocenters. The maximum absolute atomic E-state index is 12.5. The van der Waals surface area contributed by atoms with Crippen LogP contribution in [0.3, 0.4) is 0 Å². The van der Waals surface area contributed by atoms with Crippen molar-refractivity contribution in [2.24, 2.45) is 5.41 Å². The van der Waals surface area contributed by atoms with Gasteiger partial charge in [0.15, 0.2) is 5.75 Å². The number of carbonyl (C=O) groups is 1. The predicted octanol–water partition coefficient (Wildman–Crippen LogP) is 4.68. The number of hydrogen-bond donors (Lipinski definition) is 4. The molecule has 0 aliphatic rings. The zero-order valence-corrected chi connectivity index (χ0v) is 21.1. The van der Waals surface area contributed by atoms with Gasteiger partial charge < -0.3 is 20.5 Å². The second-order valence-corrected chi connectivity index (χ2v) is 10.9. The highest BCUT2D eigenvalue weighted by atomic mass is 79.9. The molecule has 0 radical (unpaired) electrons. The SMILES string of the molecule is Cc1ccc([C@H](Nc2no[n+](O)c2Nc2ccc(Br)c(C(=O)N(C)C)c2O)C(C)(C)C)s1. The number of aryl methyl sites for hydroxylation is 1. The lowest BCUT2D eigenvalue weighted by atomic mass is 9.86. The molecule has 0 saturated heterocycles. The molecule has 1 amide bonds. The Morgan fingerprint density at radius 1 is 1.28 bits per heavy atom. The molecule has 32 heavy (non-hydrogen) atoms. The zero-order chi connectivity index (χ0) is 23.8. The van der Waals surface area contributed by atoms with Crippen molar-refractivity contribution in [3.8, 4) is 5.75 Å². The molecule has 2 heterocycles. The van der Waals surface area contributed by atoms with Crippen molar-refractivity contribution >= 4 is 50.5 Å². The summed E-state index contributed by atoms with van der Waals surface area (Å²) in [5.41, 5.74) is 0.113. The number of thiophene rings is 1. The summed E-state index contributed by atoms with van der Waals surface area (Å²) in [4.78, 5) is 16.6. The van der Waals surface area contributed by atoms with Gasteiger partial charge in [-0.25, -0.2) is 0 Å². The minimum absolute atomic E-state index is 0.0772. The number of benzene rings is 1.